The van der Waals surface area contributed by atoms with E-state index in [0.717, 1.165) is 0 Å². The van der Waals surface area contributed by atoms with Gasteiger partial charge in [-0.1, -0.05) is 0 Å². The van der Waals surface area contributed by atoms with Gasteiger partial charge in [-0.3, -0.25) is 0 Å². The molecule has 0 aromatic heterocycles. The van der Waals surface area contributed by atoms with Gasteiger partial charge < -0.3 is 0 Å². The zero-order valence-corrected chi connectivity index (χ0v) is 14.5. The first-order chi connectivity index (χ1) is 7.29. The van der Waals surface area contributed by atoms with Crippen LogP contribution in [-0.2, 0) is 0 Å². The molecule has 0 aliphatic heterocycles. The van der Waals surface area contributed by atoms with Crippen LogP contribution in [0, 0.1) is 20.2 Å². The topological polar surface area (TPSA) is 86.3 Å². The van der Waals surface area contributed by atoms with E-state index in [4.69, 9.17) is 0 Å². The van der Waals surface area contributed by atoms with Crippen LogP contribution in [0.15, 0.2) is 4.47 Å². The molecule has 0 aliphatic rings. The Kier molecular flexibility index (Phi) is 4.54. The molecule has 10 heteroatoms. The van der Waals surface area contributed by atoms with Crippen LogP contribution >= 0.6 is 15.9 Å². The van der Waals surface area contributed by atoms with Crippen LogP contribution < -0.4 is 13.4 Å². The molecule has 0 fully saturated rings. The molecule has 6 nitrogen and oxygen atoms in total. The average Bonchev–Trinajstić information content (AvgIpc) is 2.18. The Morgan fingerprint density at radius 1 is 0.875 bits per heavy atom. The summed E-state index contributed by atoms with van der Waals surface area (Å²) < 4.78 is 1.45. The third-order valence-electron chi connectivity index (χ3n) is 1.68. The summed E-state index contributed by atoms with van der Waals surface area (Å²) in [5, 5.41) is 21.6. The second-order valence-corrected chi connectivity index (χ2v) is 6.18. The van der Waals surface area contributed by atoms with E-state index in [1.54, 1.807) is 0 Å². The van der Waals surface area contributed by atoms with Crippen LogP contribution in [-0.4, -0.2) is 57.9 Å². The van der Waals surface area contributed by atoms with Crippen LogP contribution in [0.25, 0.3) is 0 Å². The van der Waals surface area contributed by atoms with E-state index >= 15 is 0 Å². The van der Waals surface area contributed by atoms with Crippen molar-refractivity contribution in [3.63, 3.8) is 0 Å². The van der Waals surface area contributed by atoms with Gasteiger partial charge in [-0.2, -0.15) is 0 Å². The zero-order valence-electron chi connectivity index (χ0n) is 7.25. The summed E-state index contributed by atoms with van der Waals surface area (Å²) in [7, 11) is 0. The fraction of sp³-hybridized carbons (Fsp3) is 0. The minimum atomic E-state index is -0.761. The first-order valence-electron chi connectivity index (χ1n) is 3.54. The van der Waals surface area contributed by atoms with E-state index in [2.05, 4.69) is 48.0 Å². The molecule has 0 bridgehead atoms. The van der Waals surface area contributed by atoms with Crippen molar-refractivity contribution in [2.75, 3.05) is 0 Å². The summed E-state index contributed by atoms with van der Waals surface area (Å²) in [6.45, 7) is 0. The van der Waals surface area contributed by atoms with E-state index in [0.29, 0.717) is 8.92 Å². The summed E-state index contributed by atoms with van der Waals surface area (Å²) in [6.07, 6.45) is 0. The van der Waals surface area contributed by atoms with Crippen LogP contribution in [0.4, 0.5) is 11.4 Å². The molecule has 0 atom stereocenters. The first-order valence-corrected chi connectivity index (χ1v) is 7.15. The van der Waals surface area contributed by atoms with Crippen molar-refractivity contribution in [2.45, 2.75) is 0 Å². The third-order valence-corrected chi connectivity index (χ3v) is 7.57. The Morgan fingerprint density at radius 3 is 1.69 bits per heavy atom. The molecule has 0 aliphatic carbocycles. The molecule has 86 valence electrons. The summed E-state index contributed by atoms with van der Waals surface area (Å²) in [5.41, 5.74) is -1.02. The van der Waals surface area contributed by atoms with Crippen molar-refractivity contribution < 1.29 is 9.85 Å². The van der Waals surface area contributed by atoms with E-state index in [9.17, 15) is 20.2 Å². The van der Waals surface area contributed by atoms with Crippen molar-refractivity contribution in [2.24, 2.45) is 0 Å². The predicted molar refractivity (Wildman–Crippen MR) is 67.8 cm³/mol. The number of nitro benzene ring substituents is 2. The molecule has 0 amide bonds. The van der Waals surface area contributed by atoms with Crippen LogP contribution in [0.2, 0.25) is 0 Å². The first kappa shape index (κ1) is 14.1. The summed E-state index contributed by atoms with van der Waals surface area (Å²) in [4.78, 5) is 20.1. The number of hydrogen-bond donors (Lipinski definition) is 0. The van der Waals surface area contributed by atoms with Crippen LogP contribution in [0.3, 0.4) is 0 Å². The number of hydrogen-bond acceptors (Lipinski definition) is 4. The van der Waals surface area contributed by atoms with E-state index in [1.165, 1.54) is 0 Å². The molecule has 1 aromatic carbocycles. The molecule has 0 spiro atoms. The van der Waals surface area contributed by atoms with Gasteiger partial charge in [-0.15, -0.1) is 0 Å². The molecular formula is C6H3BrN2O4Se3. The SMILES string of the molecule is O=[N+]([O-])c1c([SeH])c([SeH])c([SeH])c(Br)c1[N+](=O)[O-]. The van der Waals surface area contributed by atoms with Gasteiger partial charge in [0, 0.05) is 0 Å². The molecule has 0 N–H and O–H groups in total. The Balaban J connectivity index is 3.83. The van der Waals surface area contributed by atoms with Gasteiger partial charge in [0.25, 0.3) is 0 Å². The number of nitro groups is 2. The van der Waals surface area contributed by atoms with Gasteiger partial charge in [0.1, 0.15) is 0 Å². The second-order valence-electron chi connectivity index (χ2n) is 2.57. The predicted octanol–water partition coefficient (Wildman–Crippen LogP) is -2.16. The number of rotatable bonds is 2. The molecule has 0 unspecified atom stereocenters. The quantitative estimate of drug-likeness (QED) is 0.272. The van der Waals surface area contributed by atoms with Crippen molar-refractivity contribution in [1.82, 2.24) is 0 Å². The normalized spacial score (nSPS) is 10.2. The van der Waals surface area contributed by atoms with Crippen molar-refractivity contribution in [3.05, 3.63) is 24.7 Å². The number of benzene rings is 1. The Hall–Kier alpha value is 0.0584. The fourth-order valence-electron chi connectivity index (χ4n) is 0.996. The van der Waals surface area contributed by atoms with E-state index < -0.39 is 21.2 Å². The van der Waals surface area contributed by atoms with Crippen LogP contribution in [0.5, 0.6) is 0 Å². The van der Waals surface area contributed by atoms with Gasteiger partial charge in [0.15, 0.2) is 0 Å². The zero-order chi connectivity index (χ0) is 12.6. The molecule has 0 heterocycles. The van der Waals surface area contributed by atoms with Gasteiger partial charge in [0.2, 0.25) is 0 Å². The molecular weight excluding hydrogens is 481 g/mol. The Bertz CT molecular complexity index is 462. The average molecular weight is 484 g/mol. The van der Waals surface area contributed by atoms with Crippen molar-refractivity contribution >= 4 is 88.7 Å². The van der Waals surface area contributed by atoms with Crippen molar-refractivity contribution in [1.29, 1.82) is 0 Å². The van der Waals surface area contributed by atoms with Gasteiger partial charge in [-0.25, -0.2) is 0 Å². The molecule has 0 saturated heterocycles. The Labute approximate surface area is 122 Å². The fourth-order valence-corrected chi connectivity index (χ4v) is 3.82. The number of nitrogens with zero attached hydrogens (tertiary/aromatic N) is 2. The van der Waals surface area contributed by atoms with Gasteiger partial charge in [-0.05, 0) is 0 Å². The maximum atomic E-state index is 10.8. The minimum absolute atomic E-state index is 0.120. The molecule has 16 heavy (non-hydrogen) atoms. The van der Waals surface area contributed by atoms with E-state index in [-0.39, 0.29) is 8.93 Å². The molecule has 0 saturated carbocycles. The summed E-state index contributed by atoms with van der Waals surface area (Å²) in [5.74, 6) is 0. The van der Waals surface area contributed by atoms with Gasteiger partial charge >= 0.3 is 123 Å². The van der Waals surface area contributed by atoms with Crippen molar-refractivity contribution in [3.8, 4) is 0 Å². The summed E-state index contributed by atoms with van der Waals surface area (Å²) >= 11 is 9.31. The summed E-state index contributed by atoms with van der Waals surface area (Å²) in [6, 6.07) is 0. The molecule has 1 aromatic rings. The second kappa shape index (κ2) is 5.14. The Morgan fingerprint density at radius 2 is 1.31 bits per heavy atom. The van der Waals surface area contributed by atoms with Gasteiger partial charge in [0.05, 0.1) is 0 Å². The third kappa shape index (κ3) is 2.33. The van der Waals surface area contributed by atoms with E-state index in [1.807, 2.05) is 16.0 Å². The molecule has 1 rings (SSSR count). The van der Waals surface area contributed by atoms with Crippen LogP contribution in [0.1, 0.15) is 0 Å². The maximum absolute atomic E-state index is 10.8. The monoisotopic (exact) mass is 486 g/mol. The molecule has 0 radical (unpaired) electrons. The standard InChI is InChI=1S/C6H3BrN2O4Se3/c7-1-2(8(10)11)3(9(12)13)5(15)6(16)4(1)14/h14-16H. The number of halogens is 1.